The number of methoxy groups -OCH3 is 1. The zero-order chi connectivity index (χ0) is 28.7. The molecule has 12 heteroatoms. The molecule has 0 bridgehead atoms. The minimum absolute atomic E-state index is 0.0320. The highest BCUT2D eigenvalue weighted by Crippen LogP contribution is 2.46. The maximum absolute atomic E-state index is 13.5. The Balaban J connectivity index is 1.83. The number of carbonyl (C=O) groups excluding carboxylic acids is 2. The summed E-state index contributed by atoms with van der Waals surface area (Å²) in [6.07, 6.45) is -9.39. The molecule has 0 saturated heterocycles. The molecule has 2 aromatic carbocycles. The molecule has 0 radical (unpaired) electrons. The molecule has 2 aliphatic rings. The molecule has 0 saturated carbocycles. The third-order valence-corrected chi connectivity index (χ3v) is 6.82. The second-order valence-corrected chi connectivity index (χ2v) is 9.37. The lowest BCUT2D eigenvalue weighted by Crippen LogP contribution is -2.42. The van der Waals surface area contributed by atoms with E-state index in [1.807, 2.05) is 6.07 Å². The van der Waals surface area contributed by atoms with E-state index in [-0.39, 0.29) is 30.4 Å². The minimum atomic E-state index is -5.04. The average molecular weight is 557 g/mol. The standard InChI is InChI=1S/C27H26F6N2O4/c1-4-39-25(37)35-15(2)8-22(21-11-17-6-5-7-18(17)12-23(21)35)34(24(36)38-3)14-16-9-19(26(28,29)30)13-20(10-16)27(31,32)33/h9-13,22H,2,4-8,14H2,1,3H3/t22-/m1/s1. The van der Waals surface area contributed by atoms with Crippen LogP contribution in [-0.2, 0) is 41.2 Å². The highest BCUT2D eigenvalue weighted by atomic mass is 19.4. The number of aryl methyl sites for hydroxylation is 2. The van der Waals surface area contributed by atoms with Crippen molar-refractivity contribution >= 4 is 17.9 Å². The van der Waals surface area contributed by atoms with Crippen molar-refractivity contribution in [2.45, 2.75) is 57.5 Å². The third kappa shape index (κ3) is 5.69. The highest BCUT2D eigenvalue weighted by molar-refractivity contribution is 5.93. The van der Waals surface area contributed by atoms with Crippen molar-refractivity contribution in [3.8, 4) is 0 Å². The summed E-state index contributed by atoms with van der Waals surface area (Å²) in [5, 5.41) is 0. The summed E-state index contributed by atoms with van der Waals surface area (Å²) in [5.74, 6) is 0. The maximum atomic E-state index is 13.5. The number of amides is 2. The van der Waals surface area contributed by atoms with Gasteiger partial charge in [0, 0.05) is 18.7 Å². The van der Waals surface area contributed by atoms with E-state index < -0.39 is 48.3 Å². The Morgan fingerprint density at radius 2 is 1.59 bits per heavy atom. The summed E-state index contributed by atoms with van der Waals surface area (Å²) in [4.78, 5) is 28.1. The van der Waals surface area contributed by atoms with Crippen LogP contribution in [-0.4, -0.2) is 30.8 Å². The van der Waals surface area contributed by atoms with Crippen molar-refractivity contribution in [2.75, 3.05) is 18.6 Å². The molecule has 0 N–H and O–H groups in total. The van der Waals surface area contributed by atoms with Crippen LogP contribution in [0.25, 0.3) is 0 Å². The van der Waals surface area contributed by atoms with Crippen LogP contribution < -0.4 is 4.90 Å². The molecule has 6 nitrogen and oxygen atoms in total. The molecule has 1 aliphatic carbocycles. The molecule has 1 heterocycles. The number of ether oxygens (including phenoxy) is 2. The predicted molar refractivity (Wildman–Crippen MR) is 129 cm³/mol. The Kier molecular flexibility index (Phi) is 7.59. The van der Waals surface area contributed by atoms with Gasteiger partial charge in [-0.05, 0) is 72.7 Å². The van der Waals surface area contributed by atoms with Gasteiger partial charge in [0.05, 0.1) is 36.6 Å². The number of hydrogen-bond acceptors (Lipinski definition) is 4. The first-order valence-electron chi connectivity index (χ1n) is 12.2. The second kappa shape index (κ2) is 10.5. The van der Waals surface area contributed by atoms with Gasteiger partial charge in [0.25, 0.3) is 0 Å². The highest BCUT2D eigenvalue weighted by Gasteiger charge is 2.40. The van der Waals surface area contributed by atoms with Gasteiger partial charge in [-0.25, -0.2) is 9.59 Å². The molecule has 0 spiro atoms. The van der Waals surface area contributed by atoms with E-state index in [1.165, 1.54) is 4.90 Å². The van der Waals surface area contributed by atoms with Crippen molar-refractivity contribution in [3.63, 3.8) is 0 Å². The number of fused-ring (bicyclic) bond motifs is 2. The Morgan fingerprint density at radius 3 is 2.13 bits per heavy atom. The Hall–Kier alpha value is -3.70. The Labute approximate surface area is 220 Å². The number of carbonyl (C=O) groups is 2. The summed E-state index contributed by atoms with van der Waals surface area (Å²) >= 11 is 0. The van der Waals surface area contributed by atoms with Gasteiger partial charge in [-0.2, -0.15) is 26.3 Å². The SMILES string of the molecule is C=C1C[C@@H](N(Cc2cc(C(F)(F)F)cc(C(F)(F)F)c2)C(=O)OC)c2cc3c(cc2N1C(=O)OCC)CCC3. The van der Waals surface area contributed by atoms with Crippen molar-refractivity contribution < 1.29 is 45.4 Å². The first-order chi connectivity index (χ1) is 18.2. The van der Waals surface area contributed by atoms with Crippen molar-refractivity contribution in [2.24, 2.45) is 0 Å². The van der Waals surface area contributed by atoms with Crippen molar-refractivity contribution in [1.82, 2.24) is 4.90 Å². The van der Waals surface area contributed by atoms with E-state index >= 15 is 0 Å². The Morgan fingerprint density at radius 1 is 1.00 bits per heavy atom. The lowest BCUT2D eigenvalue weighted by molar-refractivity contribution is -0.143. The quantitative estimate of drug-likeness (QED) is 0.368. The van der Waals surface area contributed by atoms with Crippen molar-refractivity contribution in [1.29, 1.82) is 0 Å². The maximum Gasteiger partial charge on any atom is 0.418 e. The molecule has 0 unspecified atom stereocenters. The van der Waals surface area contributed by atoms with Crippen LogP contribution in [0.4, 0.5) is 41.6 Å². The summed E-state index contributed by atoms with van der Waals surface area (Å²) in [6, 6.07) is 3.93. The summed E-state index contributed by atoms with van der Waals surface area (Å²) in [5.41, 5.74) is -0.253. The minimum Gasteiger partial charge on any atom is -0.453 e. The molecule has 4 rings (SSSR count). The first kappa shape index (κ1) is 28.3. The Bertz CT molecular complexity index is 1270. The van der Waals surface area contributed by atoms with Gasteiger partial charge in [0.15, 0.2) is 0 Å². The summed E-state index contributed by atoms with van der Waals surface area (Å²) < 4.78 is 90.9. The third-order valence-electron chi connectivity index (χ3n) is 6.82. The van der Waals surface area contributed by atoms with Gasteiger partial charge >= 0.3 is 24.5 Å². The largest absolute Gasteiger partial charge is 0.453 e. The number of nitrogens with zero attached hydrogens (tertiary/aromatic N) is 2. The molecule has 0 aromatic heterocycles. The molecule has 2 aromatic rings. The predicted octanol–water partition coefficient (Wildman–Crippen LogP) is 7.40. The fourth-order valence-electron chi connectivity index (χ4n) is 5.11. The number of benzene rings is 2. The first-order valence-corrected chi connectivity index (χ1v) is 12.2. The van der Waals surface area contributed by atoms with Crippen LogP contribution in [0, 0.1) is 0 Å². The van der Waals surface area contributed by atoms with E-state index in [4.69, 9.17) is 9.47 Å². The molecule has 0 fully saturated rings. The van der Waals surface area contributed by atoms with Gasteiger partial charge in [-0.3, -0.25) is 9.80 Å². The van der Waals surface area contributed by atoms with Crippen LogP contribution in [0.15, 0.2) is 42.6 Å². The number of alkyl halides is 6. The smallest absolute Gasteiger partial charge is 0.418 e. The topological polar surface area (TPSA) is 59.1 Å². The van der Waals surface area contributed by atoms with Gasteiger partial charge in [0.2, 0.25) is 0 Å². The van der Waals surface area contributed by atoms with E-state index in [9.17, 15) is 35.9 Å². The van der Waals surface area contributed by atoms with Crippen molar-refractivity contribution in [3.05, 3.63) is 76.0 Å². The molecule has 1 aliphatic heterocycles. The number of halogens is 6. The molecular formula is C27H26F6N2O4. The number of anilines is 1. The van der Waals surface area contributed by atoms with E-state index in [2.05, 4.69) is 6.58 Å². The van der Waals surface area contributed by atoms with E-state index in [0.29, 0.717) is 23.4 Å². The molecule has 210 valence electrons. The lowest BCUT2D eigenvalue weighted by Gasteiger charge is -2.40. The summed E-state index contributed by atoms with van der Waals surface area (Å²) in [7, 11) is 1.06. The average Bonchev–Trinajstić information content (AvgIpc) is 3.31. The van der Waals surface area contributed by atoms with Gasteiger partial charge in [0.1, 0.15) is 0 Å². The second-order valence-electron chi connectivity index (χ2n) is 9.37. The normalized spacial score (nSPS) is 17.0. The van der Waals surface area contributed by atoms with Crippen LogP contribution >= 0.6 is 0 Å². The van der Waals surface area contributed by atoms with Gasteiger partial charge < -0.3 is 9.47 Å². The molecular weight excluding hydrogens is 530 g/mol. The van der Waals surface area contributed by atoms with Crippen LogP contribution in [0.5, 0.6) is 0 Å². The van der Waals surface area contributed by atoms with Gasteiger partial charge in [-0.15, -0.1) is 0 Å². The number of rotatable bonds is 4. The lowest BCUT2D eigenvalue weighted by atomic mass is 9.90. The molecule has 1 atom stereocenters. The molecule has 39 heavy (non-hydrogen) atoms. The van der Waals surface area contributed by atoms with Crippen LogP contribution in [0.3, 0.4) is 0 Å². The van der Waals surface area contributed by atoms with E-state index in [0.717, 1.165) is 42.4 Å². The zero-order valence-corrected chi connectivity index (χ0v) is 21.2. The monoisotopic (exact) mass is 556 g/mol. The van der Waals surface area contributed by atoms with Gasteiger partial charge in [-0.1, -0.05) is 12.6 Å². The van der Waals surface area contributed by atoms with E-state index in [1.54, 1.807) is 13.0 Å². The summed E-state index contributed by atoms with van der Waals surface area (Å²) in [6.45, 7) is 5.07. The fourth-order valence-corrected chi connectivity index (χ4v) is 5.11. The van der Waals surface area contributed by atoms with Crippen LogP contribution in [0.2, 0.25) is 0 Å². The molecule has 2 amide bonds. The zero-order valence-electron chi connectivity index (χ0n) is 21.2. The van der Waals surface area contributed by atoms with Crippen LogP contribution in [0.1, 0.15) is 59.2 Å². The fraction of sp³-hybridized carbons (Fsp3) is 0.407. The number of hydrogen-bond donors (Lipinski definition) is 0.